The molecule has 3 rings (SSSR count). The van der Waals surface area contributed by atoms with Gasteiger partial charge in [-0.05, 0) is 35.9 Å². The van der Waals surface area contributed by atoms with Gasteiger partial charge in [0.2, 0.25) is 5.88 Å². The normalized spacial score (nSPS) is 10.2. The average Bonchev–Trinajstić information content (AvgIpc) is 2.77. The smallest absolute Gasteiger partial charge is 0.341 e. The largest absolute Gasteiger partial charge is 0.482 e. The molecule has 2 N–H and O–H groups in total. The third-order valence-electron chi connectivity index (χ3n) is 4.00. The number of carbonyl (C=O) groups is 2. The summed E-state index contributed by atoms with van der Waals surface area (Å²) < 4.78 is 10.7. The predicted molar refractivity (Wildman–Crippen MR) is 108 cm³/mol. The molecule has 0 atom stereocenters. The maximum Gasteiger partial charge on any atom is 0.341 e. The van der Waals surface area contributed by atoms with Gasteiger partial charge in [0.15, 0.2) is 6.61 Å². The first-order valence-electron chi connectivity index (χ1n) is 9.01. The topological polar surface area (TPSA) is 141 Å². The maximum atomic E-state index is 12.6. The number of aliphatic carboxylic acids is 1. The zero-order valence-electron chi connectivity index (χ0n) is 16.1. The van der Waals surface area contributed by atoms with Crippen molar-refractivity contribution in [2.75, 3.05) is 6.61 Å². The number of carboxylic acid groups (broad SMARTS) is 1. The van der Waals surface area contributed by atoms with Crippen molar-refractivity contribution in [3.63, 3.8) is 0 Å². The van der Waals surface area contributed by atoms with Crippen molar-refractivity contribution in [2.45, 2.75) is 6.54 Å². The van der Waals surface area contributed by atoms with Gasteiger partial charge in [0.25, 0.3) is 11.6 Å². The number of nitrogens with one attached hydrogen (secondary N) is 1. The zero-order chi connectivity index (χ0) is 22.2. The zero-order valence-corrected chi connectivity index (χ0v) is 16.1. The molecule has 10 nitrogen and oxygen atoms in total. The first kappa shape index (κ1) is 21.2. The van der Waals surface area contributed by atoms with E-state index in [9.17, 15) is 19.7 Å². The summed E-state index contributed by atoms with van der Waals surface area (Å²) in [7, 11) is 0. The number of nitrogens with zero attached hydrogens (tertiary/aromatic N) is 2. The van der Waals surface area contributed by atoms with Crippen LogP contribution in [0, 0.1) is 10.1 Å². The van der Waals surface area contributed by atoms with Crippen LogP contribution in [0.3, 0.4) is 0 Å². The molecule has 0 saturated carbocycles. The number of pyridine rings is 1. The number of carboxylic acids is 1. The van der Waals surface area contributed by atoms with Crippen molar-refractivity contribution in [1.29, 1.82) is 0 Å². The second kappa shape index (κ2) is 9.83. The van der Waals surface area contributed by atoms with Gasteiger partial charge in [-0.2, -0.15) is 0 Å². The summed E-state index contributed by atoms with van der Waals surface area (Å²) in [6, 6.07) is 15.3. The number of ether oxygens (including phenoxy) is 2. The second-order valence-electron chi connectivity index (χ2n) is 6.22. The third kappa shape index (κ3) is 6.00. The van der Waals surface area contributed by atoms with Crippen LogP contribution in [-0.2, 0) is 11.3 Å². The highest BCUT2D eigenvalue weighted by molar-refractivity contribution is 5.96. The fraction of sp³-hybridized carbons (Fsp3) is 0.0952. The lowest BCUT2D eigenvalue weighted by atomic mass is 10.2. The Morgan fingerprint density at radius 3 is 2.55 bits per heavy atom. The van der Waals surface area contributed by atoms with Crippen molar-refractivity contribution in [2.24, 2.45) is 0 Å². The van der Waals surface area contributed by atoms with Crippen LogP contribution in [-0.4, -0.2) is 33.5 Å². The molecule has 0 unspecified atom stereocenters. The lowest BCUT2D eigenvalue weighted by Gasteiger charge is -2.11. The summed E-state index contributed by atoms with van der Waals surface area (Å²) in [5, 5.41) is 22.3. The van der Waals surface area contributed by atoms with Crippen molar-refractivity contribution in [3.8, 4) is 17.4 Å². The van der Waals surface area contributed by atoms with E-state index in [-0.39, 0.29) is 29.4 Å². The number of nitro groups is 1. The van der Waals surface area contributed by atoms with Crippen LogP contribution in [0.4, 0.5) is 5.69 Å². The molecule has 0 radical (unpaired) electrons. The molecule has 31 heavy (non-hydrogen) atoms. The Hall–Kier alpha value is -4.47. The van der Waals surface area contributed by atoms with Crippen molar-refractivity contribution < 1.29 is 29.1 Å². The highest BCUT2D eigenvalue weighted by Gasteiger charge is 2.15. The Kier molecular flexibility index (Phi) is 6.74. The Labute approximate surface area is 176 Å². The van der Waals surface area contributed by atoms with Gasteiger partial charge in [0.05, 0.1) is 11.0 Å². The van der Waals surface area contributed by atoms with E-state index >= 15 is 0 Å². The van der Waals surface area contributed by atoms with E-state index < -0.39 is 23.4 Å². The van der Waals surface area contributed by atoms with Crippen LogP contribution < -0.4 is 14.8 Å². The lowest BCUT2D eigenvalue weighted by molar-refractivity contribution is -0.384. The second-order valence-corrected chi connectivity index (χ2v) is 6.22. The number of benzene rings is 2. The van der Waals surface area contributed by atoms with Crippen LogP contribution in [0.2, 0.25) is 0 Å². The maximum absolute atomic E-state index is 12.6. The quantitative estimate of drug-likeness (QED) is 0.395. The molecule has 10 heteroatoms. The summed E-state index contributed by atoms with van der Waals surface area (Å²) >= 11 is 0. The highest BCUT2D eigenvalue weighted by atomic mass is 16.6. The molecular formula is C21H17N3O7. The summed E-state index contributed by atoms with van der Waals surface area (Å²) in [6.07, 6.45) is 1.44. The van der Waals surface area contributed by atoms with Gasteiger partial charge in [0, 0.05) is 18.8 Å². The van der Waals surface area contributed by atoms with Gasteiger partial charge in [-0.1, -0.05) is 18.2 Å². The van der Waals surface area contributed by atoms with Gasteiger partial charge in [-0.3, -0.25) is 14.9 Å². The Morgan fingerprint density at radius 2 is 1.84 bits per heavy atom. The van der Waals surface area contributed by atoms with Gasteiger partial charge < -0.3 is 19.9 Å². The summed E-state index contributed by atoms with van der Waals surface area (Å²) in [4.78, 5) is 37.6. The minimum absolute atomic E-state index is 0.0120. The SMILES string of the molecule is O=C(O)COc1ccc(CNC(=O)c2cccnc2Oc2cccc([N+](=O)[O-])c2)cc1. The first-order chi connectivity index (χ1) is 14.9. The van der Waals surface area contributed by atoms with Crippen LogP contribution in [0.1, 0.15) is 15.9 Å². The lowest BCUT2D eigenvalue weighted by Crippen LogP contribution is -2.23. The first-order valence-corrected chi connectivity index (χ1v) is 9.01. The van der Waals surface area contributed by atoms with Crippen molar-refractivity contribution >= 4 is 17.6 Å². The molecule has 158 valence electrons. The molecule has 0 bridgehead atoms. The van der Waals surface area contributed by atoms with Crippen LogP contribution >= 0.6 is 0 Å². The predicted octanol–water partition coefficient (Wildman–Crippen LogP) is 3.18. The third-order valence-corrected chi connectivity index (χ3v) is 4.00. The summed E-state index contributed by atoms with van der Waals surface area (Å²) in [5.41, 5.74) is 0.784. The standard InChI is InChI=1S/C21H17N3O7/c25-19(26)13-30-16-8-6-14(7-9-16)12-23-20(27)18-5-2-10-22-21(18)31-17-4-1-3-15(11-17)24(28)29/h1-11H,12-13H2,(H,23,27)(H,25,26). The number of amides is 1. The number of non-ortho nitro benzene ring substituents is 1. The summed E-state index contributed by atoms with van der Waals surface area (Å²) in [6.45, 7) is -0.242. The molecule has 0 aliphatic carbocycles. The molecule has 1 heterocycles. The minimum atomic E-state index is -1.07. The van der Waals surface area contributed by atoms with Crippen LogP contribution in [0.25, 0.3) is 0 Å². The van der Waals surface area contributed by atoms with Crippen molar-refractivity contribution in [3.05, 3.63) is 88.1 Å². The van der Waals surface area contributed by atoms with Gasteiger partial charge in [-0.25, -0.2) is 9.78 Å². The van der Waals surface area contributed by atoms with Crippen LogP contribution in [0.5, 0.6) is 17.4 Å². The van der Waals surface area contributed by atoms with Gasteiger partial charge in [0.1, 0.15) is 17.1 Å². The number of rotatable bonds is 9. The van der Waals surface area contributed by atoms with E-state index in [0.29, 0.717) is 5.75 Å². The Balaban J connectivity index is 1.65. The van der Waals surface area contributed by atoms with Gasteiger partial charge in [-0.15, -0.1) is 0 Å². The number of aromatic nitrogens is 1. The Bertz CT molecular complexity index is 1100. The van der Waals surface area contributed by atoms with E-state index in [0.717, 1.165) is 5.56 Å². The minimum Gasteiger partial charge on any atom is -0.482 e. The Morgan fingerprint density at radius 1 is 1.06 bits per heavy atom. The molecule has 0 saturated heterocycles. The number of hydrogen-bond donors (Lipinski definition) is 2. The molecule has 0 fully saturated rings. The fourth-order valence-corrected chi connectivity index (χ4v) is 2.54. The van der Waals surface area contributed by atoms with E-state index in [4.69, 9.17) is 14.6 Å². The number of nitro benzene ring substituents is 1. The van der Waals surface area contributed by atoms with E-state index in [2.05, 4.69) is 10.3 Å². The average molecular weight is 423 g/mol. The fourth-order valence-electron chi connectivity index (χ4n) is 2.54. The van der Waals surface area contributed by atoms with Gasteiger partial charge >= 0.3 is 5.97 Å². The van der Waals surface area contributed by atoms with E-state index in [1.807, 2.05) is 0 Å². The number of carbonyl (C=O) groups excluding carboxylic acids is 1. The monoisotopic (exact) mass is 423 g/mol. The molecule has 0 aliphatic rings. The molecule has 1 aromatic heterocycles. The van der Waals surface area contributed by atoms with E-state index in [1.54, 1.807) is 30.3 Å². The number of hydrogen-bond acceptors (Lipinski definition) is 7. The van der Waals surface area contributed by atoms with Crippen molar-refractivity contribution in [1.82, 2.24) is 10.3 Å². The van der Waals surface area contributed by atoms with Crippen LogP contribution in [0.15, 0.2) is 66.9 Å². The molecule has 2 aromatic carbocycles. The summed E-state index contributed by atoms with van der Waals surface area (Å²) in [5.74, 6) is -0.926. The highest BCUT2D eigenvalue weighted by Crippen LogP contribution is 2.26. The van der Waals surface area contributed by atoms with E-state index in [1.165, 1.54) is 36.5 Å². The molecule has 0 spiro atoms. The molecule has 1 amide bonds. The molecular weight excluding hydrogens is 406 g/mol. The molecule has 3 aromatic rings. The molecule has 0 aliphatic heterocycles.